The standard InChI is InChI=1S/C33H37F2NO4/c1-19(32(37)38)31(20-10-11-20)21-7-5-8-23(13-21)40-18-22-14-25(27-9-6-12-33(27,2)3)24(15-28(22)34)26-16-30(39-4)36-17-29(26)35/h5,7-8,13-17,19-20,27,31H,6,9-12,18H2,1-4H3,(H,37,38)/t19?,27-,31+/m1/s1. The summed E-state index contributed by atoms with van der Waals surface area (Å²) < 4.78 is 42.0. The topological polar surface area (TPSA) is 68.7 Å². The summed E-state index contributed by atoms with van der Waals surface area (Å²) in [5.74, 6) is -1.08. The summed E-state index contributed by atoms with van der Waals surface area (Å²) in [6.45, 7) is 6.16. The molecule has 3 aromatic rings. The number of rotatable bonds is 10. The van der Waals surface area contributed by atoms with E-state index in [9.17, 15) is 9.90 Å². The maximum atomic E-state index is 15.6. The van der Waals surface area contributed by atoms with Gasteiger partial charge in [0, 0.05) is 17.2 Å². The number of halogens is 2. The summed E-state index contributed by atoms with van der Waals surface area (Å²) in [6.07, 6.45) is 6.17. The smallest absolute Gasteiger partial charge is 0.306 e. The van der Waals surface area contributed by atoms with Gasteiger partial charge in [0.15, 0.2) is 0 Å². The molecule has 0 bridgehead atoms. The van der Waals surface area contributed by atoms with Gasteiger partial charge in [-0.05, 0) is 89.8 Å². The first-order valence-corrected chi connectivity index (χ1v) is 14.1. The van der Waals surface area contributed by atoms with Crippen molar-refractivity contribution >= 4 is 5.97 Å². The minimum absolute atomic E-state index is 0.000440. The summed E-state index contributed by atoms with van der Waals surface area (Å²) in [5.41, 5.74) is 2.98. The number of nitrogens with zero attached hydrogens (tertiary/aromatic N) is 1. The van der Waals surface area contributed by atoms with Crippen molar-refractivity contribution in [3.05, 3.63) is 77.0 Å². The van der Waals surface area contributed by atoms with E-state index in [1.54, 1.807) is 6.92 Å². The van der Waals surface area contributed by atoms with Crippen molar-refractivity contribution in [2.24, 2.45) is 17.3 Å². The van der Waals surface area contributed by atoms with Crippen LogP contribution in [0.15, 0.2) is 48.7 Å². The van der Waals surface area contributed by atoms with Crippen LogP contribution in [0.1, 0.15) is 81.4 Å². The second kappa shape index (κ2) is 11.2. The zero-order valence-electron chi connectivity index (χ0n) is 23.5. The molecule has 2 aliphatic rings. The minimum atomic E-state index is -0.809. The van der Waals surface area contributed by atoms with E-state index in [0.717, 1.165) is 49.4 Å². The molecule has 0 spiro atoms. The lowest BCUT2D eigenvalue weighted by atomic mass is 9.75. The summed E-state index contributed by atoms with van der Waals surface area (Å²) in [7, 11) is 1.47. The third-order valence-corrected chi connectivity index (χ3v) is 8.88. The van der Waals surface area contributed by atoms with Gasteiger partial charge in [-0.15, -0.1) is 0 Å². The SMILES string of the molecule is COc1cc(-c2cc(F)c(COc3cccc([C@H](C4CC4)C(C)C(=O)O)c3)cc2[C@H]2CCCC2(C)C)c(F)cn1. The Bertz CT molecular complexity index is 1400. The summed E-state index contributed by atoms with van der Waals surface area (Å²) in [6, 6.07) is 12.3. The number of hydrogen-bond acceptors (Lipinski definition) is 4. The molecular weight excluding hydrogens is 512 g/mol. The Labute approximate surface area is 234 Å². The van der Waals surface area contributed by atoms with Crippen LogP contribution in [0.25, 0.3) is 11.1 Å². The first kappa shape index (κ1) is 28.1. The molecule has 1 unspecified atom stereocenters. The number of ether oxygens (including phenoxy) is 2. The predicted molar refractivity (Wildman–Crippen MR) is 150 cm³/mol. The van der Waals surface area contributed by atoms with E-state index in [4.69, 9.17) is 9.47 Å². The van der Waals surface area contributed by atoms with Crippen molar-refractivity contribution in [1.82, 2.24) is 4.98 Å². The van der Waals surface area contributed by atoms with Crippen LogP contribution in [-0.4, -0.2) is 23.2 Å². The molecule has 0 saturated heterocycles. The quantitative estimate of drug-likeness (QED) is 0.277. The summed E-state index contributed by atoms with van der Waals surface area (Å²) in [5, 5.41) is 9.64. The van der Waals surface area contributed by atoms with Gasteiger partial charge in [0.1, 0.15) is 24.0 Å². The van der Waals surface area contributed by atoms with Gasteiger partial charge in [0.2, 0.25) is 5.88 Å². The Balaban J connectivity index is 1.48. The van der Waals surface area contributed by atoms with Crippen LogP contribution in [0.4, 0.5) is 8.78 Å². The molecule has 5 nitrogen and oxygen atoms in total. The molecule has 7 heteroatoms. The summed E-state index contributed by atoms with van der Waals surface area (Å²) >= 11 is 0. The molecule has 1 heterocycles. The molecular formula is C33H37F2NO4. The average molecular weight is 550 g/mol. The van der Waals surface area contributed by atoms with Crippen LogP contribution in [0.2, 0.25) is 0 Å². The Kier molecular flexibility index (Phi) is 7.85. The predicted octanol–water partition coefficient (Wildman–Crippen LogP) is 8.12. The van der Waals surface area contributed by atoms with Crippen LogP contribution in [0.3, 0.4) is 0 Å². The van der Waals surface area contributed by atoms with Gasteiger partial charge in [-0.25, -0.2) is 13.8 Å². The highest BCUT2D eigenvalue weighted by atomic mass is 19.1. The summed E-state index contributed by atoms with van der Waals surface area (Å²) in [4.78, 5) is 15.7. The van der Waals surface area contributed by atoms with Gasteiger partial charge in [-0.2, -0.15) is 0 Å². The number of hydrogen-bond donors (Lipinski definition) is 1. The number of benzene rings is 2. The van der Waals surface area contributed by atoms with Crippen molar-refractivity contribution in [3.63, 3.8) is 0 Å². The number of aliphatic carboxylic acids is 1. The molecule has 2 saturated carbocycles. The van der Waals surface area contributed by atoms with Gasteiger partial charge in [-0.3, -0.25) is 4.79 Å². The second-order valence-electron chi connectivity index (χ2n) is 12.0. The van der Waals surface area contributed by atoms with Crippen molar-refractivity contribution < 1.29 is 28.2 Å². The van der Waals surface area contributed by atoms with Crippen LogP contribution < -0.4 is 9.47 Å². The largest absolute Gasteiger partial charge is 0.489 e. The molecule has 1 aromatic heterocycles. The van der Waals surface area contributed by atoms with Crippen molar-refractivity contribution in [2.45, 2.75) is 71.3 Å². The molecule has 2 aliphatic carbocycles. The van der Waals surface area contributed by atoms with E-state index in [2.05, 4.69) is 18.8 Å². The highest BCUT2D eigenvalue weighted by Crippen LogP contribution is 2.52. The zero-order valence-corrected chi connectivity index (χ0v) is 23.5. The van der Waals surface area contributed by atoms with E-state index in [1.165, 1.54) is 19.2 Å². The van der Waals surface area contributed by atoms with E-state index in [1.807, 2.05) is 30.3 Å². The molecule has 0 aliphatic heterocycles. The van der Waals surface area contributed by atoms with Gasteiger partial charge in [-0.1, -0.05) is 39.3 Å². The third-order valence-electron chi connectivity index (χ3n) is 8.88. The first-order valence-electron chi connectivity index (χ1n) is 14.1. The fourth-order valence-corrected chi connectivity index (χ4v) is 6.46. The number of aromatic nitrogens is 1. The Morgan fingerprint density at radius 1 is 1.10 bits per heavy atom. The van der Waals surface area contributed by atoms with Gasteiger partial charge < -0.3 is 14.6 Å². The highest BCUT2D eigenvalue weighted by molar-refractivity contribution is 5.71. The fourth-order valence-electron chi connectivity index (χ4n) is 6.46. The Morgan fingerprint density at radius 3 is 2.52 bits per heavy atom. The monoisotopic (exact) mass is 549 g/mol. The van der Waals surface area contributed by atoms with E-state index in [0.29, 0.717) is 22.8 Å². The number of carboxylic acids is 1. The van der Waals surface area contributed by atoms with Gasteiger partial charge in [0.25, 0.3) is 0 Å². The lowest BCUT2D eigenvalue weighted by molar-refractivity contribution is -0.142. The molecule has 3 atom stereocenters. The van der Waals surface area contributed by atoms with E-state index < -0.39 is 23.5 Å². The minimum Gasteiger partial charge on any atom is -0.489 e. The molecule has 40 heavy (non-hydrogen) atoms. The van der Waals surface area contributed by atoms with Crippen LogP contribution >= 0.6 is 0 Å². The van der Waals surface area contributed by atoms with Crippen molar-refractivity contribution in [1.29, 1.82) is 0 Å². The average Bonchev–Trinajstić information content (AvgIpc) is 3.69. The lowest BCUT2D eigenvalue weighted by Crippen LogP contribution is -2.20. The first-order chi connectivity index (χ1) is 19.1. The normalized spacial score (nSPS) is 19.7. The molecule has 0 radical (unpaired) electrons. The van der Waals surface area contributed by atoms with E-state index >= 15 is 8.78 Å². The zero-order chi connectivity index (χ0) is 28.6. The molecule has 0 amide bonds. The second-order valence-corrected chi connectivity index (χ2v) is 12.0. The van der Waals surface area contributed by atoms with Gasteiger partial charge in [0.05, 0.1) is 19.2 Å². The Morgan fingerprint density at radius 2 is 1.88 bits per heavy atom. The van der Waals surface area contributed by atoms with Crippen LogP contribution in [-0.2, 0) is 11.4 Å². The molecule has 2 fully saturated rings. The number of carboxylic acid groups (broad SMARTS) is 1. The third kappa shape index (κ3) is 5.70. The highest BCUT2D eigenvalue weighted by Gasteiger charge is 2.39. The molecule has 1 N–H and O–H groups in total. The molecule has 5 rings (SSSR count). The van der Waals surface area contributed by atoms with Crippen molar-refractivity contribution in [2.75, 3.05) is 7.11 Å². The van der Waals surface area contributed by atoms with E-state index in [-0.39, 0.29) is 35.3 Å². The number of pyridine rings is 1. The maximum Gasteiger partial charge on any atom is 0.306 e. The molecule has 212 valence electrons. The van der Waals surface area contributed by atoms with Gasteiger partial charge >= 0.3 is 5.97 Å². The fraction of sp³-hybridized carbons (Fsp3) is 0.455. The van der Waals surface area contributed by atoms with Crippen molar-refractivity contribution in [3.8, 4) is 22.8 Å². The lowest BCUT2D eigenvalue weighted by Gasteiger charge is -2.30. The number of methoxy groups -OCH3 is 1. The number of carbonyl (C=O) groups is 1. The Hall–Kier alpha value is -3.48. The maximum absolute atomic E-state index is 15.6. The molecule has 2 aromatic carbocycles. The van der Waals surface area contributed by atoms with Crippen LogP contribution in [0.5, 0.6) is 11.6 Å². The van der Waals surface area contributed by atoms with Crippen LogP contribution in [0, 0.1) is 28.9 Å².